The lowest BCUT2D eigenvalue weighted by Gasteiger charge is -2.24. The molecule has 7 rings (SSSR count). The lowest BCUT2D eigenvalue weighted by Crippen LogP contribution is -2.16. The smallest absolute Gasteiger partial charge is 0.0886 e. The number of rotatable bonds is 9. The first-order chi connectivity index (χ1) is 22.7. The molecule has 226 valence electrons. The van der Waals surface area contributed by atoms with E-state index in [2.05, 4.69) is 109 Å². The number of pyridine rings is 2. The molecule has 2 N–H and O–H groups in total. The summed E-state index contributed by atoms with van der Waals surface area (Å²) in [6.07, 6.45) is 14.8. The first kappa shape index (κ1) is 29.4. The van der Waals surface area contributed by atoms with E-state index in [-0.39, 0.29) is 0 Å². The molecule has 4 aromatic carbocycles. The Morgan fingerprint density at radius 2 is 1.43 bits per heavy atom. The normalized spacial score (nSPS) is 14.0. The maximum Gasteiger partial charge on any atom is 0.0886 e. The summed E-state index contributed by atoms with van der Waals surface area (Å²) in [6.45, 7) is 2.27. The summed E-state index contributed by atoms with van der Waals surface area (Å²) in [5.74, 6) is 0.483. The molecule has 0 radical (unpaired) electrons. The van der Waals surface area contributed by atoms with Crippen molar-refractivity contribution in [1.29, 1.82) is 0 Å². The highest BCUT2D eigenvalue weighted by Gasteiger charge is 2.22. The van der Waals surface area contributed by atoms with Crippen LogP contribution in [0.25, 0.3) is 60.8 Å². The fraction of sp³-hybridized carbons (Fsp3) is 0.167. The van der Waals surface area contributed by atoms with E-state index >= 15 is 0 Å². The minimum Gasteiger partial charge on any atom is -0.405 e. The number of nitrogens with two attached hydrogens (primary N) is 1. The van der Waals surface area contributed by atoms with Crippen LogP contribution in [0.2, 0.25) is 0 Å². The molecule has 1 atom stereocenters. The van der Waals surface area contributed by atoms with Crippen LogP contribution in [0.15, 0.2) is 139 Å². The number of nitrogens with zero attached hydrogens (tertiary/aromatic N) is 3. The molecule has 3 heterocycles. The zero-order valence-corrected chi connectivity index (χ0v) is 26.2. The van der Waals surface area contributed by atoms with E-state index in [1.54, 1.807) is 6.20 Å². The van der Waals surface area contributed by atoms with Gasteiger partial charge in [-0.1, -0.05) is 91.9 Å². The molecule has 0 saturated carbocycles. The van der Waals surface area contributed by atoms with Gasteiger partial charge in [-0.15, -0.1) is 0 Å². The van der Waals surface area contributed by atoms with Gasteiger partial charge < -0.3 is 5.73 Å². The number of aliphatic imine (C=N–C) groups is 1. The van der Waals surface area contributed by atoms with Crippen molar-refractivity contribution in [3.05, 3.63) is 140 Å². The Morgan fingerprint density at radius 3 is 2.13 bits per heavy atom. The standard InChI is InChI=1S/C42H38N4/c1-2-29(12-8-10-24-43)38-22-19-33(27-45-38)42-35-16-7-6-15-34(35)41(32-20-23-40(46-28-32)39-17-9-11-25-44-39)36-21-18-31(26-37(36)42)30-13-4-3-5-14-30/h3-7,9-11,13-18,20-21,23-29H,2,8,12,19,22,43H2,1H3/b24-10-. The third-order valence-corrected chi connectivity index (χ3v) is 9.25. The van der Waals surface area contributed by atoms with E-state index in [4.69, 9.17) is 15.7 Å². The SMILES string of the molecule is CCC(CC/C=C\N)C1=NC=C(c2c3ccccc3c(-c3ccc(-c4ccccn4)nc3)c3ccc(-c4ccccc4)cc23)CC1. The summed E-state index contributed by atoms with van der Waals surface area (Å²) >= 11 is 0. The molecule has 1 aliphatic heterocycles. The summed E-state index contributed by atoms with van der Waals surface area (Å²) in [4.78, 5) is 14.5. The molecule has 1 aliphatic rings. The maximum absolute atomic E-state index is 5.61. The Hall–Kier alpha value is -5.35. The zero-order valence-electron chi connectivity index (χ0n) is 26.2. The van der Waals surface area contributed by atoms with Gasteiger partial charge >= 0.3 is 0 Å². The van der Waals surface area contributed by atoms with Gasteiger partial charge in [0.05, 0.1) is 11.4 Å². The molecular weight excluding hydrogens is 560 g/mol. The highest BCUT2D eigenvalue weighted by molar-refractivity contribution is 6.19. The molecule has 4 nitrogen and oxygen atoms in total. The Kier molecular flexibility index (Phi) is 8.51. The Morgan fingerprint density at radius 1 is 0.696 bits per heavy atom. The number of hydrogen-bond acceptors (Lipinski definition) is 4. The van der Waals surface area contributed by atoms with Gasteiger partial charge in [-0.3, -0.25) is 15.0 Å². The molecule has 1 unspecified atom stereocenters. The van der Waals surface area contributed by atoms with Crippen LogP contribution in [-0.2, 0) is 0 Å². The molecule has 0 bridgehead atoms. The summed E-state index contributed by atoms with van der Waals surface area (Å²) in [5.41, 5.74) is 15.9. The van der Waals surface area contributed by atoms with Crippen molar-refractivity contribution < 1.29 is 0 Å². The molecule has 4 heteroatoms. The first-order valence-electron chi connectivity index (χ1n) is 16.3. The highest BCUT2D eigenvalue weighted by atomic mass is 14.8. The lowest BCUT2D eigenvalue weighted by molar-refractivity contribution is 0.601. The second kappa shape index (κ2) is 13.3. The van der Waals surface area contributed by atoms with E-state index in [1.165, 1.54) is 55.1 Å². The van der Waals surface area contributed by atoms with Crippen LogP contribution in [-0.4, -0.2) is 15.7 Å². The molecule has 0 aliphatic carbocycles. The van der Waals surface area contributed by atoms with E-state index in [1.807, 2.05) is 30.6 Å². The van der Waals surface area contributed by atoms with Crippen LogP contribution in [0.1, 0.15) is 44.6 Å². The zero-order chi connectivity index (χ0) is 31.3. The minimum atomic E-state index is 0.483. The Bertz CT molecular complexity index is 2070. The Balaban J connectivity index is 1.42. The summed E-state index contributed by atoms with van der Waals surface area (Å²) < 4.78 is 0. The summed E-state index contributed by atoms with van der Waals surface area (Å²) in [7, 11) is 0. The number of hydrogen-bond donors (Lipinski definition) is 1. The fourth-order valence-electron chi connectivity index (χ4n) is 6.90. The number of allylic oxidation sites excluding steroid dienone is 2. The molecule has 0 spiro atoms. The number of benzene rings is 4. The number of aromatic nitrogens is 2. The van der Waals surface area contributed by atoms with Crippen molar-refractivity contribution in [1.82, 2.24) is 9.97 Å². The van der Waals surface area contributed by atoms with Crippen molar-refractivity contribution in [3.8, 4) is 33.6 Å². The van der Waals surface area contributed by atoms with Gasteiger partial charge in [0.25, 0.3) is 0 Å². The summed E-state index contributed by atoms with van der Waals surface area (Å²) in [5, 5.41) is 4.93. The van der Waals surface area contributed by atoms with E-state index < -0.39 is 0 Å². The first-order valence-corrected chi connectivity index (χ1v) is 16.3. The quantitative estimate of drug-likeness (QED) is 0.168. The van der Waals surface area contributed by atoms with E-state index in [9.17, 15) is 0 Å². The third kappa shape index (κ3) is 5.75. The topological polar surface area (TPSA) is 64.2 Å². The third-order valence-electron chi connectivity index (χ3n) is 9.25. The minimum absolute atomic E-state index is 0.483. The molecular formula is C42H38N4. The van der Waals surface area contributed by atoms with Crippen LogP contribution >= 0.6 is 0 Å². The van der Waals surface area contributed by atoms with Gasteiger partial charge in [0.2, 0.25) is 0 Å². The Labute approximate surface area is 271 Å². The average molecular weight is 599 g/mol. The van der Waals surface area contributed by atoms with Crippen LogP contribution in [0.5, 0.6) is 0 Å². The predicted molar refractivity (Wildman–Crippen MR) is 194 cm³/mol. The van der Waals surface area contributed by atoms with Gasteiger partial charge in [0.15, 0.2) is 0 Å². The van der Waals surface area contributed by atoms with Crippen molar-refractivity contribution >= 4 is 32.8 Å². The molecule has 6 aromatic rings. The largest absolute Gasteiger partial charge is 0.405 e. The van der Waals surface area contributed by atoms with Crippen LogP contribution < -0.4 is 5.73 Å². The van der Waals surface area contributed by atoms with E-state index in [0.29, 0.717) is 5.92 Å². The second-order valence-electron chi connectivity index (χ2n) is 12.0. The van der Waals surface area contributed by atoms with Crippen LogP contribution in [0.3, 0.4) is 0 Å². The van der Waals surface area contributed by atoms with Gasteiger partial charge in [0.1, 0.15) is 0 Å². The van der Waals surface area contributed by atoms with Gasteiger partial charge in [-0.25, -0.2) is 0 Å². The van der Waals surface area contributed by atoms with Crippen molar-refractivity contribution in [2.24, 2.45) is 16.6 Å². The van der Waals surface area contributed by atoms with Crippen molar-refractivity contribution in [3.63, 3.8) is 0 Å². The second-order valence-corrected chi connectivity index (χ2v) is 12.0. The maximum atomic E-state index is 5.61. The van der Waals surface area contributed by atoms with Gasteiger partial charge in [0, 0.05) is 29.9 Å². The molecule has 46 heavy (non-hydrogen) atoms. The fourth-order valence-corrected chi connectivity index (χ4v) is 6.90. The van der Waals surface area contributed by atoms with Gasteiger partial charge in [-0.2, -0.15) is 0 Å². The molecule has 2 aromatic heterocycles. The summed E-state index contributed by atoms with van der Waals surface area (Å²) in [6, 6.07) is 36.6. The van der Waals surface area contributed by atoms with Crippen LogP contribution in [0, 0.1) is 5.92 Å². The van der Waals surface area contributed by atoms with Gasteiger partial charge in [-0.05, 0) is 118 Å². The van der Waals surface area contributed by atoms with Crippen LogP contribution in [0.4, 0.5) is 0 Å². The van der Waals surface area contributed by atoms with E-state index in [0.717, 1.165) is 49.1 Å². The molecule has 0 fully saturated rings. The lowest BCUT2D eigenvalue weighted by atomic mass is 9.82. The highest BCUT2D eigenvalue weighted by Crippen LogP contribution is 2.44. The predicted octanol–water partition coefficient (Wildman–Crippen LogP) is 10.6. The number of fused-ring (bicyclic) bond motifs is 2. The van der Waals surface area contributed by atoms with Crippen molar-refractivity contribution in [2.45, 2.75) is 39.0 Å². The van der Waals surface area contributed by atoms with Crippen molar-refractivity contribution in [2.75, 3.05) is 0 Å². The average Bonchev–Trinajstić information content (AvgIpc) is 3.13. The molecule has 0 saturated heterocycles. The monoisotopic (exact) mass is 598 g/mol. The molecule has 0 amide bonds.